The number of benzene rings is 4. The molecular formula is C35H30N2O5S. The van der Waals surface area contributed by atoms with Crippen LogP contribution in [0.5, 0.6) is 11.5 Å². The number of thiazole rings is 1. The summed E-state index contributed by atoms with van der Waals surface area (Å²) in [5, 5.41) is 2.30. The van der Waals surface area contributed by atoms with Crippen LogP contribution in [0, 0.1) is 0 Å². The maximum atomic E-state index is 13.9. The largest absolute Gasteiger partial charge is 0.493 e. The van der Waals surface area contributed by atoms with Crippen LogP contribution in [0.2, 0.25) is 0 Å². The van der Waals surface area contributed by atoms with Crippen molar-refractivity contribution in [3.63, 3.8) is 0 Å². The van der Waals surface area contributed by atoms with Crippen LogP contribution in [0.3, 0.4) is 0 Å². The Morgan fingerprint density at radius 2 is 1.74 bits per heavy atom. The molecule has 7 nitrogen and oxygen atoms in total. The molecule has 0 unspecified atom stereocenters. The highest BCUT2D eigenvalue weighted by atomic mass is 32.1. The minimum Gasteiger partial charge on any atom is -0.493 e. The number of ether oxygens (including phenoxy) is 3. The van der Waals surface area contributed by atoms with Crippen LogP contribution in [-0.4, -0.2) is 24.3 Å². The minimum atomic E-state index is -0.641. The summed E-state index contributed by atoms with van der Waals surface area (Å²) in [4.78, 5) is 32.1. The van der Waals surface area contributed by atoms with Gasteiger partial charge < -0.3 is 14.2 Å². The van der Waals surface area contributed by atoms with Crippen molar-refractivity contribution >= 4 is 34.2 Å². The summed E-state index contributed by atoms with van der Waals surface area (Å²) in [7, 11) is 1.59. The van der Waals surface area contributed by atoms with Gasteiger partial charge in [-0.3, -0.25) is 9.36 Å². The van der Waals surface area contributed by atoms with Crippen molar-refractivity contribution in [2.75, 3.05) is 13.7 Å². The van der Waals surface area contributed by atoms with Crippen molar-refractivity contribution in [1.82, 2.24) is 4.57 Å². The van der Waals surface area contributed by atoms with Crippen molar-refractivity contribution in [3.05, 3.63) is 139 Å². The monoisotopic (exact) mass is 590 g/mol. The highest BCUT2D eigenvalue weighted by molar-refractivity contribution is 7.07. The summed E-state index contributed by atoms with van der Waals surface area (Å²) in [5.41, 5.74) is 3.33. The fourth-order valence-corrected chi connectivity index (χ4v) is 6.41. The molecule has 1 aliphatic heterocycles. The first kappa shape index (κ1) is 28.2. The molecule has 0 amide bonds. The molecule has 6 rings (SSSR count). The normalized spacial score (nSPS) is 14.8. The number of rotatable bonds is 8. The van der Waals surface area contributed by atoms with Crippen LogP contribution in [0.4, 0.5) is 0 Å². The predicted octanol–water partition coefficient (Wildman–Crippen LogP) is 5.54. The SMILES string of the molecule is CCOC(=O)C1=C(C)N=c2s/c(=C/c3ccc(OCc4cccc5ccccc45)c(OC)c3)c(=O)n2[C@H]1c1ccccc1. The molecule has 43 heavy (non-hydrogen) atoms. The first-order valence-electron chi connectivity index (χ1n) is 14.0. The van der Waals surface area contributed by atoms with Crippen LogP contribution in [-0.2, 0) is 16.1 Å². The zero-order valence-electron chi connectivity index (χ0n) is 24.1. The number of esters is 1. The lowest BCUT2D eigenvalue weighted by Crippen LogP contribution is -2.39. The molecule has 0 bridgehead atoms. The van der Waals surface area contributed by atoms with Crippen LogP contribution >= 0.6 is 11.3 Å². The molecule has 0 radical (unpaired) electrons. The lowest BCUT2D eigenvalue weighted by molar-refractivity contribution is -0.139. The fourth-order valence-electron chi connectivity index (χ4n) is 5.36. The zero-order valence-corrected chi connectivity index (χ0v) is 24.9. The Balaban J connectivity index is 1.36. The summed E-state index contributed by atoms with van der Waals surface area (Å²) in [6.07, 6.45) is 1.81. The van der Waals surface area contributed by atoms with Crippen LogP contribution in [0.25, 0.3) is 16.8 Å². The van der Waals surface area contributed by atoms with E-state index in [0.717, 1.165) is 27.5 Å². The molecule has 0 N–H and O–H groups in total. The Bertz CT molecular complexity index is 2040. The van der Waals surface area contributed by atoms with Gasteiger partial charge in [0.25, 0.3) is 5.56 Å². The van der Waals surface area contributed by atoms with Gasteiger partial charge in [0, 0.05) is 0 Å². The molecule has 1 aliphatic rings. The van der Waals surface area contributed by atoms with Crippen molar-refractivity contribution in [1.29, 1.82) is 0 Å². The lowest BCUT2D eigenvalue weighted by Gasteiger charge is -2.24. The van der Waals surface area contributed by atoms with Crippen molar-refractivity contribution in [2.45, 2.75) is 26.5 Å². The van der Waals surface area contributed by atoms with E-state index in [9.17, 15) is 9.59 Å². The number of fused-ring (bicyclic) bond motifs is 2. The number of hydrogen-bond acceptors (Lipinski definition) is 7. The van der Waals surface area contributed by atoms with Crippen molar-refractivity contribution in [2.24, 2.45) is 4.99 Å². The highest BCUT2D eigenvalue weighted by Gasteiger charge is 2.33. The smallest absolute Gasteiger partial charge is 0.338 e. The number of nitrogens with zero attached hydrogens (tertiary/aromatic N) is 2. The van der Waals surface area contributed by atoms with Gasteiger partial charge in [0.15, 0.2) is 16.3 Å². The van der Waals surface area contributed by atoms with Gasteiger partial charge in [0.2, 0.25) is 0 Å². The third-order valence-electron chi connectivity index (χ3n) is 7.38. The molecule has 1 aromatic heterocycles. The second-order valence-corrected chi connectivity index (χ2v) is 11.1. The van der Waals surface area contributed by atoms with Crippen molar-refractivity contribution < 1.29 is 19.0 Å². The Kier molecular flexibility index (Phi) is 7.94. The molecule has 0 fully saturated rings. The van der Waals surface area contributed by atoms with E-state index in [0.29, 0.717) is 38.7 Å². The van der Waals surface area contributed by atoms with Crippen LogP contribution in [0.1, 0.15) is 36.6 Å². The first-order valence-corrected chi connectivity index (χ1v) is 14.8. The molecule has 5 aromatic rings. The quantitative estimate of drug-likeness (QED) is 0.222. The van der Waals surface area contributed by atoms with E-state index in [4.69, 9.17) is 14.2 Å². The number of hydrogen-bond donors (Lipinski definition) is 0. The molecule has 0 aliphatic carbocycles. The molecule has 4 aromatic carbocycles. The Morgan fingerprint density at radius 1 is 0.977 bits per heavy atom. The third-order valence-corrected chi connectivity index (χ3v) is 8.36. The first-order chi connectivity index (χ1) is 21.0. The molecule has 0 spiro atoms. The summed E-state index contributed by atoms with van der Waals surface area (Å²) < 4.78 is 19.3. The van der Waals surface area contributed by atoms with Gasteiger partial charge in [0.1, 0.15) is 6.61 Å². The van der Waals surface area contributed by atoms with E-state index in [-0.39, 0.29) is 12.2 Å². The number of allylic oxidation sites excluding steroid dienone is 1. The number of carbonyl (C=O) groups is 1. The number of aromatic nitrogens is 1. The van der Waals surface area contributed by atoms with E-state index in [1.165, 1.54) is 11.3 Å². The molecule has 0 saturated heterocycles. The number of carbonyl (C=O) groups excluding carboxylic acids is 1. The van der Waals surface area contributed by atoms with Gasteiger partial charge in [-0.25, -0.2) is 9.79 Å². The second kappa shape index (κ2) is 12.1. The van der Waals surface area contributed by atoms with Gasteiger partial charge in [-0.2, -0.15) is 0 Å². The van der Waals surface area contributed by atoms with Gasteiger partial charge >= 0.3 is 5.97 Å². The average molecular weight is 591 g/mol. The molecule has 1 atom stereocenters. The van der Waals surface area contributed by atoms with Gasteiger partial charge in [-0.1, -0.05) is 90.2 Å². The van der Waals surface area contributed by atoms with E-state index in [2.05, 4.69) is 29.3 Å². The average Bonchev–Trinajstić information content (AvgIpc) is 3.33. The Morgan fingerprint density at radius 3 is 2.53 bits per heavy atom. The topological polar surface area (TPSA) is 79.1 Å². The summed E-state index contributed by atoms with van der Waals surface area (Å²) in [6, 6.07) is 28.8. The molecular weight excluding hydrogens is 560 g/mol. The number of methoxy groups -OCH3 is 1. The van der Waals surface area contributed by atoms with Gasteiger partial charge in [-0.05, 0) is 59.5 Å². The van der Waals surface area contributed by atoms with E-state index in [1.54, 1.807) is 25.5 Å². The molecule has 8 heteroatoms. The second-order valence-electron chi connectivity index (χ2n) is 10.1. The van der Waals surface area contributed by atoms with E-state index in [1.807, 2.05) is 72.8 Å². The summed E-state index contributed by atoms with van der Waals surface area (Å²) >= 11 is 1.28. The molecule has 2 heterocycles. The summed E-state index contributed by atoms with van der Waals surface area (Å²) in [5.74, 6) is 0.688. The highest BCUT2D eigenvalue weighted by Crippen LogP contribution is 2.32. The van der Waals surface area contributed by atoms with E-state index < -0.39 is 12.0 Å². The Labute approximate surface area is 252 Å². The van der Waals surface area contributed by atoms with Gasteiger partial charge in [0.05, 0.1) is 35.6 Å². The third kappa shape index (κ3) is 5.49. The van der Waals surface area contributed by atoms with Gasteiger partial charge in [-0.15, -0.1) is 0 Å². The van der Waals surface area contributed by atoms with Crippen molar-refractivity contribution in [3.8, 4) is 11.5 Å². The summed E-state index contributed by atoms with van der Waals surface area (Å²) in [6.45, 7) is 4.15. The predicted molar refractivity (Wildman–Crippen MR) is 168 cm³/mol. The van der Waals surface area contributed by atoms with Crippen LogP contribution in [0.15, 0.2) is 112 Å². The zero-order chi connectivity index (χ0) is 29.9. The molecule has 216 valence electrons. The van der Waals surface area contributed by atoms with Crippen LogP contribution < -0.4 is 24.4 Å². The fraction of sp³-hybridized carbons (Fsp3) is 0.171. The maximum absolute atomic E-state index is 13.9. The maximum Gasteiger partial charge on any atom is 0.338 e. The standard InChI is InChI=1S/C35H30N2O5S/c1-4-41-34(39)31-22(2)36-35-37(32(31)25-12-6-5-7-13-25)33(38)30(43-35)20-23-17-18-28(29(19-23)40-3)42-21-26-15-10-14-24-11-8-9-16-27(24)26/h5-20,32H,4,21H2,1-3H3/b30-20+/t32-/m0/s1. The molecule has 0 saturated carbocycles. The van der Waals surface area contributed by atoms with E-state index >= 15 is 0 Å². The Hall–Kier alpha value is -4.95. The lowest BCUT2D eigenvalue weighted by atomic mass is 9.96. The minimum absolute atomic E-state index is 0.227.